The molecule has 0 saturated heterocycles. The van der Waals surface area contributed by atoms with E-state index in [0.29, 0.717) is 24.2 Å². The first-order chi connectivity index (χ1) is 16.0. The van der Waals surface area contributed by atoms with Crippen LogP contribution in [0.15, 0.2) is 72.3 Å². The van der Waals surface area contributed by atoms with Crippen molar-refractivity contribution in [2.75, 3.05) is 19.1 Å². The Morgan fingerprint density at radius 3 is 2.26 bits per heavy atom. The number of carbonyl (C=O) groups excluding carboxylic acids is 3. The fraction of sp³-hybridized carbons (Fsp3) is 0.269. The molecule has 0 heterocycles. The molecule has 2 amide bonds. The zero-order chi connectivity index (χ0) is 23.9. The van der Waals surface area contributed by atoms with Gasteiger partial charge in [-0.1, -0.05) is 43.2 Å². The molecule has 182 valence electrons. The smallest absolute Gasteiger partial charge is 0.467 e. The molecule has 0 saturated carbocycles. The summed E-state index contributed by atoms with van der Waals surface area (Å²) in [6, 6.07) is 17.8. The minimum absolute atomic E-state index is 0. The van der Waals surface area contributed by atoms with Gasteiger partial charge in [0.05, 0.1) is 13.2 Å². The molecule has 0 aromatic heterocycles. The van der Waals surface area contributed by atoms with Gasteiger partial charge >= 0.3 is 23.0 Å². The van der Waals surface area contributed by atoms with Crippen LogP contribution in [0, 0.1) is 19.3 Å². The Morgan fingerprint density at radius 1 is 1.03 bits per heavy atom. The zero-order valence-corrected chi connectivity index (χ0v) is 21.2. The molecule has 2 atom stereocenters. The van der Waals surface area contributed by atoms with E-state index in [1.165, 1.54) is 7.11 Å². The number of hydrogen-bond donors (Lipinski definition) is 2. The molecule has 2 N–H and O–H groups in total. The number of thioether (sulfide) groups is 1. The summed E-state index contributed by atoms with van der Waals surface area (Å²) < 4.78 is 4.84. The van der Waals surface area contributed by atoms with E-state index in [1.54, 1.807) is 37.1 Å². The van der Waals surface area contributed by atoms with Crippen LogP contribution in [0.25, 0.3) is 0 Å². The van der Waals surface area contributed by atoms with Gasteiger partial charge in [-0.05, 0) is 24.0 Å². The number of hydrogen-bond acceptors (Lipinski definition) is 5. The molecular formula is C26H30FeN2O4S. The maximum absolute atomic E-state index is 12.8. The van der Waals surface area contributed by atoms with E-state index in [-0.39, 0.29) is 23.0 Å². The molecule has 0 bridgehead atoms. The molecule has 1 aliphatic rings. The van der Waals surface area contributed by atoms with Gasteiger partial charge in [0, 0.05) is 6.42 Å². The van der Waals surface area contributed by atoms with Crippen molar-refractivity contribution in [3.8, 4) is 0 Å². The second-order valence-electron chi connectivity index (χ2n) is 7.22. The standard InChI is InChI=1S/C21H25N2O4S.C5H5.Fe/c1-27-21(26)18(14-15-8-4-3-5-9-15)23-20(25)17(12-13-28-2)22-19(24)16-10-6-7-11-16;1-2-4-5-3-1;/h3-11,17-18H,12-14H2,1-2H3,(H,22,24)(H,23,25);1-5H;/q2*-1;+2/t17-,18-;;/m0../s1. The van der Waals surface area contributed by atoms with E-state index in [1.807, 2.05) is 66.9 Å². The maximum Gasteiger partial charge on any atom is 2.00 e. The van der Waals surface area contributed by atoms with E-state index in [0.717, 1.165) is 5.56 Å². The first-order valence-corrected chi connectivity index (χ1v) is 12.0. The number of carbonyl (C=O) groups is 3. The molecule has 3 rings (SSSR count). The van der Waals surface area contributed by atoms with Gasteiger partial charge in [-0.25, -0.2) is 16.9 Å². The van der Waals surface area contributed by atoms with Crippen molar-refractivity contribution in [2.24, 2.45) is 0 Å². The van der Waals surface area contributed by atoms with E-state index >= 15 is 0 Å². The van der Waals surface area contributed by atoms with Crippen molar-refractivity contribution in [3.63, 3.8) is 0 Å². The van der Waals surface area contributed by atoms with Gasteiger partial charge in [-0.15, -0.1) is 5.57 Å². The largest absolute Gasteiger partial charge is 2.00 e. The topological polar surface area (TPSA) is 84.5 Å². The summed E-state index contributed by atoms with van der Waals surface area (Å²) >= 11 is 1.58. The average Bonchev–Trinajstić information content (AvgIpc) is 3.58. The molecule has 8 heteroatoms. The van der Waals surface area contributed by atoms with Crippen LogP contribution < -0.4 is 10.6 Å². The van der Waals surface area contributed by atoms with Gasteiger partial charge in [-0.3, -0.25) is 4.79 Å². The molecule has 0 aliphatic heterocycles. The van der Waals surface area contributed by atoms with Gasteiger partial charge in [0.25, 0.3) is 0 Å². The van der Waals surface area contributed by atoms with Crippen LogP contribution in [0.5, 0.6) is 0 Å². The number of rotatable bonds is 10. The molecule has 2 aromatic rings. The van der Waals surface area contributed by atoms with Gasteiger partial charge in [0.15, 0.2) is 0 Å². The molecule has 2 aromatic carbocycles. The molecular weight excluding hydrogens is 492 g/mol. The summed E-state index contributed by atoms with van der Waals surface area (Å²) in [5, 5.41) is 5.50. The molecule has 0 fully saturated rings. The molecule has 6 nitrogen and oxygen atoms in total. The summed E-state index contributed by atoms with van der Waals surface area (Å²) in [6.07, 6.45) is 9.60. The second-order valence-corrected chi connectivity index (χ2v) is 8.20. The number of ether oxygens (including phenoxy) is 1. The van der Waals surface area contributed by atoms with Crippen LogP contribution in [0.4, 0.5) is 0 Å². The average molecular weight is 522 g/mol. The number of nitrogens with one attached hydrogen (secondary N) is 2. The van der Waals surface area contributed by atoms with Crippen LogP contribution in [-0.2, 0) is 42.6 Å². The zero-order valence-electron chi connectivity index (χ0n) is 19.3. The monoisotopic (exact) mass is 522 g/mol. The Morgan fingerprint density at radius 2 is 1.74 bits per heavy atom. The van der Waals surface area contributed by atoms with Gasteiger partial charge in [-0.2, -0.15) is 42.5 Å². The van der Waals surface area contributed by atoms with Crippen molar-refractivity contribution in [1.29, 1.82) is 0 Å². The SMILES string of the molecule is COC(=O)[C@H](Cc1ccccc1)NC(=O)[C@H](CCSC)NC(=O)C1=C[CH][CH][CH-]1.[Fe+2].c1cc[cH-]c1. The molecule has 34 heavy (non-hydrogen) atoms. The summed E-state index contributed by atoms with van der Waals surface area (Å²) in [4.78, 5) is 37.4. The Labute approximate surface area is 217 Å². The number of methoxy groups -OCH3 is 1. The minimum atomic E-state index is -0.826. The van der Waals surface area contributed by atoms with Crippen molar-refractivity contribution >= 4 is 29.5 Å². The fourth-order valence-corrected chi connectivity index (χ4v) is 3.52. The Balaban J connectivity index is 0.000000851. The van der Waals surface area contributed by atoms with E-state index in [4.69, 9.17) is 4.74 Å². The van der Waals surface area contributed by atoms with Gasteiger partial charge in [0.2, 0.25) is 5.91 Å². The number of esters is 1. The van der Waals surface area contributed by atoms with Crippen LogP contribution in [-0.4, -0.2) is 49.0 Å². The van der Waals surface area contributed by atoms with E-state index in [9.17, 15) is 14.4 Å². The van der Waals surface area contributed by atoms with Crippen molar-refractivity contribution in [3.05, 3.63) is 97.1 Å². The van der Waals surface area contributed by atoms with E-state index < -0.39 is 24.0 Å². The number of amides is 2. The molecule has 2 radical (unpaired) electrons. The number of benzene rings is 1. The predicted octanol–water partition coefficient (Wildman–Crippen LogP) is 3.08. The third-order valence-corrected chi connectivity index (χ3v) is 5.44. The van der Waals surface area contributed by atoms with Gasteiger partial charge in [0.1, 0.15) is 11.9 Å². The van der Waals surface area contributed by atoms with Crippen LogP contribution in [0.1, 0.15) is 12.0 Å². The third-order valence-electron chi connectivity index (χ3n) is 4.80. The molecule has 0 unspecified atom stereocenters. The maximum atomic E-state index is 12.8. The van der Waals surface area contributed by atoms with Gasteiger partial charge < -0.3 is 20.2 Å². The first kappa shape index (κ1) is 29.5. The Kier molecular flexibility index (Phi) is 14.7. The summed E-state index contributed by atoms with van der Waals surface area (Å²) in [5.41, 5.74) is 1.40. The normalized spacial score (nSPS) is 13.5. The molecule has 0 spiro atoms. The molecule has 1 aliphatic carbocycles. The second kappa shape index (κ2) is 17.0. The summed E-state index contributed by atoms with van der Waals surface area (Å²) in [6.45, 7) is 0. The van der Waals surface area contributed by atoms with Crippen LogP contribution >= 0.6 is 11.8 Å². The van der Waals surface area contributed by atoms with Crippen LogP contribution in [0.2, 0.25) is 0 Å². The van der Waals surface area contributed by atoms with Crippen LogP contribution in [0.3, 0.4) is 0 Å². The quantitative estimate of drug-likeness (QED) is 0.285. The summed E-state index contributed by atoms with van der Waals surface area (Å²) in [5.74, 6) is -0.548. The van der Waals surface area contributed by atoms with Crippen molar-refractivity contribution in [2.45, 2.75) is 24.9 Å². The predicted molar refractivity (Wildman–Crippen MR) is 132 cm³/mol. The third kappa shape index (κ3) is 10.6. The first-order valence-electron chi connectivity index (χ1n) is 10.7. The minimum Gasteiger partial charge on any atom is -0.467 e. The Bertz CT molecular complexity index is 870. The van der Waals surface area contributed by atoms with Crippen molar-refractivity contribution in [1.82, 2.24) is 10.6 Å². The summed E-state index contributed by atoms with van der Waals surface area (Å²) in [7, 11) is 1.29. The number of allylic oxidation sites excluding steroid dienone is 1. The van der Waals surface area contributed by atoms with Crippen molar-refractivity contribution < 1.29 is 36.2 Å². The fourth-order valence-electron chi connectivity index (χ4n) is 3.05. The van der Waals surface area contributed by atoms with E-state index in [2.05, 4.69) is 10.6 Å². The Hall–Kier alpha value is -2.54.